The predicted octanol–water partition coefficient (Wildman–Crippen LogP) is 2.75. The fourth-order valence-corrected chi connectivity index (χ4v) is 5.67. The van der Waals surface area contributed by atoms with Crippen LogP contribution in [0, 0.1) is 29.5 Å². The van der Waals surface area contributed by atoms with Crippen LogP contribution in [-0.4, -0.2) is 32.1 Å². The van der Waals surface area contributed by atoms with Gasteiger partial charge in [0.1, 0.15) is 5.82 Å². The Morgan fingerprint density at radius 1 is 1.00 bits per heavy atom. The summed E-state index contributed by atoms with van der Waals surface area (Å²) in [6.45, 7) is 0. The molecule has 2 bridgehead atoms. The third-order valence-corrected chi connectivity index (χ3v) is 6.87. The molecule has 5 nitrogen and oxygen atoms in total. The van der Waals surface area contributed by atoms with Crippen molar-refractivity contribution in [1.82, 2.24) is 10.0 Å². The molecule has 4 aliphatic rings. The highest BCUT2D eigenvalue weighted by Gasteiger charge is 2.62. The zero-order valence-electron chi connectivity index (χ0n) is 13.9. The van der Waals surface area contributed by atoms with Gasteiger partial charge in [-0.3, -0.25) is 14.4 Å². The highest BCUT2D eigenvalue weighted by atomic mass is 32.2. The number of hydrazine groups is 1. The zero-order valence-corrected chi connectivity index (χ0v) is 15.5. The molecule has 136 valence electrons. The number of fused-ring (bicyclic) bond motifs is 5. The number of carbonyl (C=O) groups excluding carboxylic acids is 3. The first-order valence-electron chi connectivity index (χ1n) is 8.55. The van der Waals surface area contributed by atoms with Crippen molar-refractivity contribution in [3.63, 3.8) is 0 Å². The van der Waals surface area contributed by atoms with E-state index in [9.17, 15) is 18.8 Å². The predicted molar refractivity (Wildman–Crippen MR) is 101 cm³/mol. The monoisotopic (exact) mass is 400 g/mol. The SMILES string of the molecule is O=C1/C(=C\c2ccc(F)cc2)SC(=S)N1N1C(=O)[C@@H]2[C@H](C1=O)[C@@H]1C=C[C@H]2C1. The largest absolute Gasteiger partial charge is 0.285 e. The van der Waals surface area contributed by atoms with Crippen molar-refractivity contribution >= 4 is 52.1 Å². The fourth-order valence-electron chi connectivity index (χ4n) is 4.43. The number of allylic oxidation sites excluding steroid dienone is 2. The van der Waals surface area contributed by atoms with Crippen LogP contribution in [0.25, 0.3) is 6.08 Å². The number of imide groups is 1. The van der Waals surface area contributed by atoms with Crippen LogP contribution in [0.1, 0.15) is 12.0 Å². The molecule has 1 saturated carbocycles. The quantitative estimate of drug-likeness (QED) is 0.331. The molecule has 2 heterocycles. The maximum Gasteiger partial charge on any atom is 0.285 e. The van der Waals surface area contributed by atoms with Crippen molar-refractivity contribution < 1.29 is 18.8 Å². The zero-order chi connectivity index (χ0) is 18.9. The van der Waals surface area contributed by atoms with Crippen LogP contribution < -0.4 is 0 Å². The standard InChI is InChI=1S/C19H13FN2O3S2/c20-12-5-1-9(2-6-12)7-13-16(23)22(19(26)27-13)21-17(24)14-10-3-4-11(8-10)15(14)18(21)25/h1-7,10-11,14-15H,8H2/b13-7+/t10-,11+,14-,15+. The van der Waals surface area contributed by atoms with Gasteiger partial charge in [-0.1, -0.05) is 36.0 Å². The summed E-state index contributed by atoms with van der Waals surface area (Å²) in [5.41, 5.74) is 0.634. The highest BCUT2D eigenvalue weighted by Crippen LogP contribution is 2.53. The van der Waals surface area contributed by atoms with Crippen LogP contribution in [0.3, 0.4) is 0 Å². The van der Waals surface area contributed by atoms with E-state index >= 15 is 0 Å². The van der Waals surface area contributed by atoms with E-state index in [0.717, 1.165) is 28.2 Å². The van der Waals surface area contributed by atoms with Crippen LogP contribution in [-0.2, 0) is 14.4 Å². The first-order valence-corrected chi connectivity index (χ1v) is 9.78. The highest BCUT2D eigenvalue weighted by molar-refractivity contribution is 8.26. The molecule has 8 heteroatoms. The van der Waals surface area contributed by atoms with Gasteiger partial charge in [0.2, 0.25) is 0 Å². The molecule has 1 aromatic rings. The van der Waals surface area contributed by atoms with Crippen LogP contribution in [0.15, 0.2) is 41.3 Å². The molecule has 0 aromatic heterocycles. The van der Waals surface area contributed by atoms with Gasteiger partial charge in [-0.25, -0.2) is 4.39 Å². The van der Waals surface area contributed by atoms with Crippen molar-refractivity contribution in [1.29, 1.82) is 0 Å². The molecule has 27 heavy (non-hydrogen) atoms. The van der Waals surface area contributed by atoms with E-state index in [-0.39, 0.29) is 33.8 Å². The Labute approximate surface area is 163 Å². The lowest BCUT2D eigenvalue weighted by Crippen LogP contribution is -2.49. The summed E-state index contributed by atoms with van der Waals surface area (Å²) < 4.78 is 13.2. The normalized spacial score (nSPS) is 33.1. The van der Waals surface area contributed by atoms with Gasteiger partial charge in [-0.05, 0) is 54.2 Å². The minimum atomic E-state index is -0.503. The molecule has 0 radical (unpaired) electrons. The molecule has 4 atom stereocenters. The number of carbonyl (C=O) groups is 3. The van der Waals surface area contributed by atoms with Crippen LogP contribution in [0.4, 0.5) is 4.39 Å². The molecule has 2 aliphatic heterocycles. The molecule has 2 aliphatic carbocycles. The van der Waals surface area contributed by atoms with Gasteiger partial charge >= 0.3 is 0 Å². The number of benzene rings is 1. The Bertz CT molecular complexity index is 942. The Hall–Kier alpha value is -2.32. The minimum absolute atomic E-state index is 0.0645. The topological polar surface area (TPSA) is 57.7 Å². The fraction of sp³-hybridized carbons (Fsp3) is 0.263. The van der Waals surface area contributed by atoms with Crippen LogP contribution >= 0.6 is 24.0 Å². The number of hydrogen-bond acceptors (Lipinski definition) is 5. The van der Waals surface area contributed by atoms with E-state index in [0.29, 0.717) is 10.5 Å². The number of hydrogen-bond donors (Lipinski definition) is 0. The number of thiocarbonyl (C=S) groups is 1. The van der Waals surface area contributed by atoms with Gasteiger partial charge in [0.05, 0.1) is 16.7 Å². The van der Waals surface area contributed by atoms with E-state index in [1.807, 2.05) is 12.2 Å². The molecule has 0 spiro atoms. The van der Waals surface area contributed by atoms with Gasteiger partial charge in [0, 0.05) is 0 Å². The second kappa shape index (κ2) is 5.84. The van der Waals surface area contributed by atoms with Crippen LogP contribution in [0.5, 0.6) is 0 Å². The van der Waals surface area contributed by atoms with Crippen molar-refractivity contribution in [2.45, 2.75) is 6.42 Å². The van der Waals surface area contributed by atoms with Gasteiger partial charge in [-0.2, -0.15) is 10.0 Å². The number of halogens is 1. The van der Waals surface area contributed by atoms with Crippen molar-refractivity contribution in [3.8, 4) is 0 Å². The van der Waals surface area contributed by atoms with Gasteiger partial charge in [0.15, 0.2) is 4.32 Å². The van der Waals surface area contributed by atoms with Crippen molar-refractivity contribution in [2.75, 3.05) is 0 Å². The molecule has 0 N–H and O–H groups in total. The molecule has 0 unspecified atom stereocenters. The number of amides is 3. The maximum absolute atomic E-state index is 13.1. The van der Waals surface area contributed by atoms with Crippen molar-refractivity contribution in [3.05, 3.63) is 52.7 Å². The Balaban J connectivity index is 1.45. The third kappa shape index (κ3) is 2.36. The van der Waals surface area contributed by atoms with Gasteiger partial charge in [-0.15, -0.1) is 0 Å². The lowest BCUT2D eigenvalue weighted by Gasteiger charge is -2.25. The minimum Gasteiger partial charge on any atom is -0.272 e. The second-order valence-corrected chi connectivity index (χ2v) is 8.71. The number of nitrogens with zero attached hydrogens (tertiary/aromatic N) is 2. The average molecular weight is 400 g/mol. The summed E-state index contributed by atoms with van der Waals surface area (Å²) >= 11 is 6.32. The summed E-state index contributed by atoms with van der Waals surface area (Å²) in [5, 5.41) is 1.97. The number of thioether (sulfide) groups is 1. The summed E-state index contributed by atoms with van der Waals surface area (Å²) in [6.07, 6.45) is 6.40. The molecule has 3 fully saturated rings. The molecular formula is C19H13FN2O3S2. The first-order chi connectivity index (χ1) is 13.0. The average Bonchev–Trinajstić information content (AvgIpc) is 3.37. The van der Waals surface area contributed by atoms with Gasteiger partial charge < -0.3 is 0 Å². The molecule has 5 rings (SSSR count). The summed E-state index contributed by atoms with van der Waals surface area (Å²) in [5.74, 6) is -2.22. The Morgan fingerprint density at radius 3 is 2.19 bits per heavy atom. The van der Waals surface area contributed by atoms with Crippen molar-refractivity contribution in [2.24, 2.45) is 23.7 Å². The molecular weight excluding hydrogens is 387 g/mol. The summed E-state index contributed by atoms with van der Waals surface area (Å²) in [4.78, 5) is 39.0. The molecule has 2 saturated heterocycles. The van der Waals surface area contributed by atoms with E-state index in [4.69, 9.17) is 12.2 Å². The summed E-state index contributed by atoms with van der Waals surface area (Å²) in [6, 6.07) is 5.68. The Kier molecular flexibility index (Phi) is 3.64. The maximum atomic E-state index is 13.1. The number of rotatable bonds is 2. The lowest BCUT2D eigenvalue weighted by atomic mass is 9.85. The second-order valence-electron chi connectivity index (χ2n) is 7.03. The summed E-state index contributed by atoms with van der Waals surface area (Å²) in [7, 11) is 0. The van der Waals surface area contributed by atoms with E-state index < -0.39 is 17.7 Å². The first kappa shape index (κ1) is 16.8. The smallest absolute Gasteiger partial charge is 0.272 e. The van der Waals surface area contributed by atoms with E-state index in [2.05, 4.69) is 0 Å². The Morgan fingerprint density at radius 2 is 1.59 bits per heavy atom. The van der Waals surface area contributed by atoms with E-state index in [1.54, 1.807) is 18.2 Å². The van der Waals surface area contributed by atoms with Crippen LogP contribution in [0.2, 0.25) is 0 Å². The third-order valence-electron chi connectivity index (χ3n) is 5.59. The van der Waals surface area contributed by atoms with E-state index in [1.165, 1.54) is 12.1 Å². The van der Waals surface area contributed by atoms with Gasteiger partial charge in [0.25, 0.3) is 17.7 Å². The molecule has 1 aromatic carbocycles. The molecule has 3 amide bonds. The lowest BCUT2D eigenvalue weighted by molar-refractivity contribution is -0.159.